The van der Waals surface area contributed by atoms with Crippen molar-refractivity contribution in [1.29, 1.82) is 0 Å². The Hall–Kier alpha value is -1.60. The lowest BCUT2D eigenvalue weighted by Gasteiger charge is -2.24. The van der Waals surface area contributed by atoms with E-state index in [9.17, 15) is 8.42 Å². The molecule has 1 fully saturated rings. The van der Waals surface area contributed by atoms with Gasteiger partial charge in [0.2, 0.25) is 0 Å². The van der Waals surface area contributed by atoms with E-state index in [0.29, 0.717) is 11.4 Å². The molecule has 0 saturated heterocycles. The zero-order valence-corrected chi connectivity index (χ0v) is 17.9. The number of hydrogen-bond donors (Lipinski definition) is 2. The summed E-state index contributed by atoms with van der Waals surface area (Å²) in [6, 6.07) is 6.14. The number of likely N-dealkylation sites (N-methyl/N-ethyl adjacent to an activating group) is 1. The van der Waals surface area contributed by atoms with Crippen molar-refractivity contribution in [3.63, 3.8) is 0 Å². The maximum Gasteiger partial charge on any atom is 0.191 e. The first-order chi connectivity index (χ1) is 12.8. The number of sulfone groups is 1. The molecule has 1 aliphatic carbocycles. The second-order valence-corrected chi connectivity index (χ2v) is 9.40. The van der Waals surface area contributed by atoms with Crippen LogP contribution >= 0.6 is 0 Å². The van der Waals surface area contributed by atoms with Crippen LogP contribution in [0.2, 0.25) is 0 Å². The highest BCUT2D eigenvalue weighted by Crippen LogP contribution is 2.21. The molecule has 0 unspecified atom stereocenters. The minimum absolute atomic E-state index is 0.384. The van der Waals surface area contributed by atoms with Crippen molar-refractivity contribution in [1.82, 2.24) is 15.5 Å². The van der Waals surface area contributed by atoms with Crippen LogP contribution in [0.5, 0.6) is 0 Å². The van der Waals surface area contributed by atoms with Crippen molar-refractivity contribution in [2.45, 2.75) is 57.0 Å². The van der Waals surface area contributed by atoms with Crippen LogP contribution in [0.3, 0.4) is 0 Å². The summed E-state index contributed by atoms with van der Waals surface area (Å²) in [5.74, 6) is 0.794. The van der Waals surface area contributed by atoms with E-state index in [4.69, 9.17) is 0 Å². The van der Waals surface area contributed by atoms with Gasteiger partial charge in [-0.25, -0.2) is 13.4 Å². The number of hydrogen-bond acceptors (Lipinski definition) is 4. The molecule has 6 nitrogen and oxygen atoms in total. The molecule has 0 aliphatic heterocycles. The number of nitrogens with zero attached hydrogens (tertiary/aromatic N) is 2. The highest BCUT2D eigenvalue weighted by molar-refractivity contribution is 7.90. The van der Waals surface area contributed by atoms with Gasteiger partial charge in [-0.05, 0) is 50.9 Å². The normalized spacial score (nSPS) is 16.1. The number of guanidine groups is 1. The van der Waals surface area contributed by atoms with Crippen LogP contribution in [-0.4, -0.2) is 58.3 Å². The average Bonchev–Trinajstić information content (AvgIpc) is 3.13. The van der Waals surface area contributed by atoms with Crippen LogP contribution in [0.25, 0.3) is 0 Å². The van der Waals surface area contributed by atoms with Gasteiger partial charge < -0.3 is 15.5 Å². The van der Waals surface area contributed by atoms with E-state index in [2.05, 4.69) is 27.6 Å². The van der Waals surface area contributed by atoms with Crippen LogP contribution in [0, 0.1) is 6.92 Å². The first kappa shape index (κ1) is 21.7. The SMILES string of the molecule is CCNC(=NCc1ccc(S(C)(=O)=O)c(C)c1)NCCN(C)C1CCCC1. The van der Waals surface area contributed by atoms with Crippen molar-refractivity contribution in [2.24, 2.45) is 4.99 Å². The Morgan fingerprint density at radius 1 is 1.26 bits per heavy atom. The fourth-order valence-electron chi connectivity index (χ4n) is 3.62. The molecule has 0 bridgehead atoms. The Morgan fingerprint density at radius 2 is 1.96 bits per heavy atom. The second kappa shape index (κ2) is 10.1. The lowest BCUT2D eigenvalue weighted by Crippen LogP contribution is -2.42. The summed E-state index contributed by atoms with van der Waals surface area (Å²) in [4.78, 5) is 7.46. The van der Waals surface area contributed by atoms with Gasteiger partial charge in [-0.15, -0.1) is 0 Å². The summed E-state index contributed by atoms with van der Waals surface area (Å²) < 4.78 is 23.5. The zero-order valence-electron chi connectivity index (χ0n) is 17.1. The molecular formula is C20H34N4O2S. The molecule has 0 aromatic heterocycles. The van der Waals surface area contributed by atoms with Crippen LogP contribution in [0.1, 0.15) is 43.7 Å². The quantitative estimate of drug-likeness (QED) is 0.523. The van der Waals surface area contributed by atoms with Crippen LogP contribution < -0.4 is 10.6 Å². The summed E-state index contributed by atoms with van der Waals surface area (Å²) in [5, 5.41) is 6.67. The standard InChI is InChI=1S/C20H34N4O2S/c1-5-21-20(22-12-13-24(3)18-8-6-7-9-18)23-15-17-10-11-19(16(2)14-17)27(4,25)26/h10-11,14,18H,5-9,12-13,15H2,1-4H3,(H2,21,22,23). The molecule has 0 atom stereocenters. The Bertz CT molecular complexity index is 740. The van der Waals surface area contributed by atoms with Crippen LogP contribution in [0.15, 0.2) is 28.1 Å². The van der Waals surface area contributed by atoms with Gasteiger partial charge in [-0.3, -0.25) is 0 Å². The maximum absolute atomic E-state index is 11.7. The van der Waals surface area contributed by atoms with E-state index >= 15 is 0 Å². The fourth-order valence-corrected chi connectivity index (χ4v) is 4.58. The maximum atomic E-state index is 11.7. The number of aryl methyl sites for hydroxylation is 1. The molecule has 2 N–H and O–H groups in total. The van der Waals surface area contributed by atoms with E-state index in [1.807, 2.05) is 26.0 Å². The van der Waals surface area contributed by atoms with Crippen molar-refractivity contribution >= 4 is 15.8 Å². The average molecular weight is 395 g/mol. The summed E-state index contributed by atoms with van der Waals surface area (Å²) in [6.07, 6.45) is 6.57. The van der Waals surface area contributed by atoms with Crippen molar-refractivity contribution < 1.29 is 8.42 Å². The first-order valence-corrected chi connectivity index (χ1v) is 11.7. The molecule has 1 aliphatic rings. The molecule has 2 rings (SSSR count). The van der Waals surface area contributed by atoms with E-state index in [1.54, 1.807) is 6.07 Å². The van der Waals surface area contributed by atoms with Gasteiger partial charge in [0.25, 0.3) is 0 Å². The van der Waals surface area contributed by atoms with Gasteiger partial charge in [0, 0.05) is 31.9 Å². The van der Waals surface area contributed by atoms with Gasteiger partial charge in [0.15, 0.2) is 15.8 Å². The molecule has 0 heterocycles. The Kier molecular flexibility index (Phi) is 8.10. The predicted molar refractivity (Wildman–Crippen MR) is 112 cm³/mol. The number of nitrogens with one attached hydrogen (secondary N) is 2. The first-order valence-electron chi connectivity index (χ1n) is 9.83. The Labute approximate surface area is 164 Å². The zero-order chi connectivity index (χ0) is 19.9. The lowest BCUT2D eigenvalue weighted by molar-refractivity contribution is 0.249. The molecule has 1 saturated carbocycles. The minimum atomic E-state index is -3.18. The molecular weight excluding hydrogens is 360 g/mol. The molecule has 0 radical (unpaired) electrons. The van der Waals surface area contributed by atoms with Crippen molar-refractivity contribution in [2.75, 3.05) is 32.9 Å². The number of aliphatic imine (C=N–C) groups is 1. The number of benzene rings is 1. The van der Waals surface area contributed by atoms with Gasteiger partial charge >= 0.3 is 0 Å². The topological polar surface area (TPSA) is 73.8 Å². The van der Waals surface area contributed by atoms with Crippen molar-refractivity contribution in [3.8, 4) is 0 Å². The van der Waals surface area contributed by atoms with E-state index in [1.165, 1.54) is 31.9 Å². The van der Waals surface area contributed by atoms with E-state index < -0.39 is 9.84 Å². The Balaban J connectivity index is 1.91. The molecule has 7 heteroatoms. The molecule has 1 aromatic carbocycles. The largest absolute Gasteiger partial charge is 0.357 e. The third-order valence-electron chi connectivity index (χ3n) is 5.11. The van der Waals surface area contributed by atoms with Crippen LogP contribution in [-0.2, 0) is 16.4 Å². The molecule has 152 valence electrons. The summed E-state index contributed by atoms with van der Waals surface area (Å²) in [6.45, 7) is 7.04. The number of rotatable bonds is 8. The van der Waals surface area contributed by atoms with Crippen molar-refractivity contribution in [3.05, 3.63) is 29.3 Å². The minimum Gasteiger partial charge on any atom is -0.357 e. The van der Waals surface area contributed by atoms with Gasteiger partial charge in [-0.1, -0.05) is 25.0 Å². The summed E-state index contributed by atoms with van der Waals surface area (Å²) in [5.41, 5.74) is 1.77. The van der Waals surface area contributed by atoms with E-state index in [-0.39, 0.29) is 0 Å². The lowest BCUT2D eigenvalue weighted by atomic mass is 10.1. The van der Waals surface area contributed by atoms with Gasteiger partial charge in [0.1, 0.15) is 0 Å². The molecule has 0 amide bonds. The Morgan fingerprint density at radius 3 is 2.56 bits per heavy atom. The predicted octanol–water partition coefficient (Wildman–Crippen LogP) is 2.33. The van der Waals surface area contributed by atoms with Gasteiger partial charge in [0.05, 0.1) is 11.4 Å². The van der Waals surface area contributed by atoms with Gasteiger partial charge in [-0.2, -0.15) is 0 Å². The smallest absolute Gasteiger partial charge is 0.191 e. The fraction of sp³-hybridized carbons (Fsp3) is 0.650. The second-order valence-electron chi connectivity index (χ2n) is 7.41. The third kappa shape index (κ3) is 6.81. The van der Waals surface area contributed by atoms with E-state index in [0.717, 1.165) is 42.8 Å². The highest BCUT2D eigenvalue weighted by atomic mass is 32.2. The molecule has 1 aromatic rings. The highest BCUT2D eigenvalue weighted by Gasteiger charge is 2.18. The molecule has 27 heavy (non-hydrogen) atoms. The molecule has 0 spiro atoms. The summed E-state index contributed by atoms with van der Waals surface area (Å²) in [7, 11) is -0.980. The third-order valence-corrected chi connectivity index (χ3v) is 6.36. The summed E-state index contributed by atoms with van der Waals surface area (Å²) >= 11 is 0. The monoisotopic (exact) mass is 394 g/mol. The van der Waals surface area contributed by atoms with Crippen LogP contribution in [0.4, 0.5) is 0 Å².